The molecule has 1 N–H and O–H groups in total. The minimum absolute atomic E-state index is 0.0559. The maximum atomic E-state index is 11.3. The van der Waals surface area contributed by atoms with Gasteiger partial charge in [-0.15, -0.1) is 0 Å². The standard InChI is InChI=1S/C14H15NO5/c1-7-5-10(18-3)11(19-4)6-9(7)13-12(14(16)17)8(2)15-20-13/h5-6H,1-4H3,(H,16,17). The summed E-state index contributed by atoms with van der Waals surface area (Å²) in [5.41, 5.74) is 1.81. The Morgan fingerprint density at radius 3 is 2.35 bits per heavy atom. The van der Waals surface area contributed by atoms with Crippen LogP contribution in [-0.4, -0.2) is 30.5 Å². The number of aromatic nitrogens is 1. The number of aryl methyl sites for hydroxylation is 2. The molecule has 0 radical (unpaired) electrons. The number of carboxylic acids is 1. The molecule has 0 saturated heterocycles. The van der Waals surface area contributed by atoms with E-state index in [1.807, 2.05) is 6.92 Å². The Morgan fingerprint density at radius 1 is 1.20 bits per heavy atom. The molecule has 0 spiro atoms. The van der Waals surface area contributed by atoms with Crippen LogP contribution < -0.4 is 9.47 Å². The quantitative estimate of drug-likeness (QED) is 0.925. The highest BCUT2D eigenvalue weighted by Gasteiger charge is 2.23. The second-order valence-electron chi connectivity index (χ2n) is 4.30. The van der Waals surface area contributed by atoms with Crippen molar-refractivity contribution < 1.29 is 23.9 Å². The monoisotopic (exact) mass is 277 g/mol. The molecule has 106 valence electrons. The van der Waals surface area contributed by atoms with E-state index in [2.05, 4.69) is 5.16 Å². The molecule has 0 atom stereocenters. The van der Waals surface area contributed by atoms with Gasteiger partial charge in [0.15, 0.2) is 17.3 Å². The van der Waals surface area contributed by atoms with E-state index in [0.29, 0.717) is 22.8 Å². The van der Waals surface area contributed by atoms with Crippen LogP contribution in [0.1, 0.15) is 21.6 Å². The van der Waals surface area contributed by atoms with Crippen molar-refractivity contribution in [2.24, 2.45) is 0 Å². The number of ether oxygens (including phenoxy) is 2. The largest absolute Gasteiger partial charge is 0.493 e. The molecule has 2 rings (SSSR count). The fourth-order valence-corrected chi connectivity index (χ4v) is 2.03. The Bertz CT molecular complexity index is 660. The van der Waals surface area contributed by atoms with Crippen molar-refractivity contribution in [2.75, 3.05) is 14.2 Å². The summed E-state index contributed by atoms with van der Waals surface area (Å²) in [6, 6.07) is 3.44. The Balaban J connectivity index is 2.67. The Hall–Kier alpha value is -2.50. The third-order valence-corrected chi connectivity index (χ3v) is 3.05. The van der Waals surface area contributed by atoms with E-state index in [1.165, 1.54) is 14.2 Å². The van der Waals surface area contributed by atoms with Gasteiger partial charge < -0.3 is 19.1 Å². The summed E-state index contributed by atoms with van der Waals surface area (Å²) in [5.74, 6) is 0.210. The number of methoxy groups -OCH3 is 2. The summed E-state index contributed by atoms with van der Waals surface area (Å²) in [6.07, 6.45) is 0. The van der Waals surface area contributed by atoms with Gasteiger partial charge in [0.1, 0.15) is 5.56 Å². The lowest BCUT2D eigenvalue weighted by Crippen LogP contribution is -2.00. The first-order valence-electron chi connectivity index (χ1n) is 5.92. The van der Waals surface area contributed by atoms with Crippen molar-refractivity contribution in [3.63, 3.8) is 0 Å². The molecule has 1 aromatic heterocycles. The van der Waals surface area contributed by atoms with E-state index in [4.69, 9.17) is 14.0 Å². The summed E-state index contributed by atoms with van der Waals surface area (Å²) in [7, 11) is 3.05. The van der Waals surface area contributed by atoms with Crippen molar-refractivity contribution in [1.29, 1.82) is 0 Å². The third-order valence-electron chi connectivity index (χ3n) is 3.05. The molecule has 6 nitrogen and oxygen atoms in total. The molecule has 0 fully saturated rings. The molecule has 0 saturated carbocycles. The Morgan fingerprint density at radius 2 is 1.80 bits per heavy atom. The molecular weight excluding hydrogens is 262 g/mol. The molecule has 1 aromatic carbocycles. The van der Waals surface area contributed by atoms with E-state index in [9.17, 15) is 9.90 Å². The second kappa shape index (κ2) is 5.24. The molecule has 0 aliphatic carbocycles. The van der Waals surface area contributed by atoms with Crippen molar-refractivity contribution in [3.8, 4) is 22.8 Å². The molecule has 0 amide bonds. The first-order chi connectivity index (χ1) is 9.49. The minimum atomic E-state index is -1.08. The minimum Gasteiger partial charge on any atom is -0.493 e. The summed E-state index contributed by atoms with van der Waals surface area (Å²) >= 11 is 0. The van der Waals surface area contributed by atoms with Gasteiger partial charge in [0.05, 0.1) is 19.9 Å². The zero-order valence-corrected chi connectivity index (χ0v) is 11.7. The molecule has 20 heavy (non-hydrogen) atoms. The zero-order valence-electron chi connectivity index (χ0n) is 11.7. The fourth-order valence-electron chi connectivity index (χ4n) is 2.03. The first kappa shape index (κ1) is 13.9. The zero-order chi connectivity index (χ0) is 14.9. The summed E-state index contributed by atoms with van der Waals surface area (Å²) in [4.78, 5) is 11.3. The Kier molecular flexibility index (Phi) is 3.65. The lowest BCUT2D eigenvalue weighted by molar-refractivity contribution is 0.0696. The van der Waals surface area contributed by atoms with Crippen molar-refractivity contribution in [2.45, 2.75) is 13.8 Å². The van der Waals surface area contributed by atoms with E-state index < -0.39 is 5.97 Å². The predicted molar refractivity (Wildman–Crippen MR) is 71.5 cm³/mol. The van der Waals surface area contributed by atoms with Crippen LogP contribution in [0.3, 0.4) is 0 Å². The van der Waals surface area contributed by atoms with Gasteiger partial charge in [-0.2, -0.15) is 0 Å². The molecule has 0 unspecified atom stereocenters. The van der Waals surface area contributed by atoms with Crippen molar-refractivity contribution in [3.05, 3.63) is 29.0 Å². The van der Waals surface area contributed by atoms with Crippen molar-refractivity contribution in [1.82, 2.24) is 5.16 Å². The number of hydrogen-bond acceptors (Lipinski definition) is 5. The lowest BCUT2D eigenvalue weighted by Gasteiger charge is -2.11. The van der Waals surface area contributed by atoms with Crippen LogP contribution in [0.5, 0.6) is 11.5 Å². The smallest absolute Gasteiger partial charge is 0.341 e. The number of carboxylic acid groups (broad SMARTS) is 1. The lowest BCUT2D eigenvalue weighted by atomic mass is 10.0. The van der Waals surface area contributed by atoms with Gasteiger partial charge in [-0.3, -0.25) is 0 Å². The third kappa shape index (κ3) is 2.20. The van der Waals surface area contributed by atoms with Gasteiger partial charge in [-0.25, -0.2) is 4.79 Å². The molecule has 2 aromatic rings. The summed E-state index contributed by atoms with van der Waals surface area (Å²) < 4.78 is 15.6. The molecule has 1 heterocycles. The van der Waals surface area contributed by atoms with Gasteiger partial charge >= 0.3 is 5.97 Å². The SMILES string of the molecule is COc1cc(C)c(-c2onc(C)c2C(=O)O)cc1OC. The van der Waals surface area contributed by atoms with Crippen LogP contribution in [-0.2, 0) is 0 Å². The van der Waals surface area contributed by atoms with Crippen molar-refractivity contribution >= 4 is 5.97 Å². The maximum absolute atomic E-state index is 11.3. The van der Waals surface area contributed by atoms with Crippen LogP contribution in [0.15, 0.2) is 16.7 Å². The van der Waals surface area contributed by atoms with Crippen LogP contribution >= 0.6 is 0 Å². The second-order valence-corrected chi connectivity index (χ2v) is 4.30. The number of benzene rings is 1. The highest BCUT2D eigenvalue weighted by molar-refractivity contribution is 5.96. The van der Waals surface area contributed by atoms with Crippen LogP contribution in [0.2, 0.25) is 0 Å². The number of hydrogen-bond donors (Lipinski definition) is 1. The van der Waals surface area contributed by atoms with Crippen LogP contribution in [0, 0.1) is 13.8 Å². The van der Waals surface area contributed by atoms with Crippen LogP contribution in [0.25, 0.3) is 11.3 Å². The normalized spacial score (nSPS) is 10.4. The predicted octanol–water partition coefficient (Wildman–Crippen LogP) is 2.67. The highest BCUT2D eigenvalue weighted by Crippen LogP contribution is 2.37. The summed E-state index contributed by atoms with van der Waals surface area (Å²) in [5, 5.41) is 13.0. The van der Waals surface area contributed by atoms with E-state index in [0.717, 1.165) is 5.56 Å². The topological polar surface area (TPSA) is 81.8 Å². The maximum Gasteiger partial charge on any atom is 0.341 e. The van der Waals surface area contributed by atoms with Gasteiger partial charge in [0, 0.05) is 5.56 Å². The van der Waals surface area contributed by atoms with Gasteiger partial charge in [-0.1, -0.05) is 5.16 Å². The van der Waals surface area contributed by atoms with Gasteiger partial charge in [0.2, 0.25) is 0 Å². The number of rotatable bonds is 4. The number of nitrogens with zero attached hydrogens (tertiary/aromatic N) is 1. The fraction of sp³-hybridized carbons (Fsp3) is 0.286. The average Bonchev–Trinajstić information content (AvgIpc) is 2.80. The van der Waals surface area contributed by atoms with Gasteiger partial charge in [-0.05, 0) is 31.5 Å². The number of aromatic carboxylic acids is 1. The van der Waals surface area contributed by atoms with Gasteiger partial charge in [0.25, 0.3) is 0 Å². The molecule has 0 aliphatic heterocycles. The first-order valence-corrected chi connectivity index (χ1v) is 5.92. The highest BCUT2D eigenvalue weighted by atomic mass is 16.5. The van der Waals surface area contributed by atoms with E-state index in [-0.39, 0.29) is 11.3 Å². The van der Waals surface area contributed by atoms with E-state index >= 15 is 0 Å². The number of carbonyl (C=O) groups is 1. The molecule has 0 aliphatic rings. The average molecular weight is 277 g/mol. The van der Waals surface area contributed by atoms with E-state index in [1.54, 1.807) is 19.1 Å². The van der Waals surface area contributed by atoms with Crippen LogP contribution in [0.4, 0.5) is 0 Å². The molecule has 6 heteroatoms. The molecule has 0 bridgehead atoms. The summed E-state index contributed by atoms with van der Waals surface area (Å²) in [6.45, 7) is 3.42. The Labute approximate surface area is 115 Å². The molecular formula is C14H15NO5.